The lowest BCUT2D eigenvalue weighted by Crippen LogP contribution is -2.53. The molecular formula is C27H38N6O8. The molecule has 1 spiro atoms. The van der Waals surface area contributed by atoms with Crippen LogP contribution in [0.5, 0.6) is 0 Å². The number of rotatable bonds is 4. The number of fused-ring (bicyclic) bond motifs is 5. The van der Waals surface area contributed by atoms with E-state index in [1.807, 2.05) is 13.8 Å². The minimum absolute atomic E-state index is 0.000883. The SMILES string of the molecule is COC(=O)c1c2oc(c1C(=O)OC)C(=O)N[C@@H](C(C)C)Cn1cc(nn1)C1(CCCCC1)NC(=O)N[C@H](CO)CC2. The monoisotopic (exact) mass is 574 g/mol. The number of methoxy groups -OCH3 is 2. The van der Waals surface area contributed by atoms with Crippen molar-refractivity contribution in [2.24, 2.45) is 5.92 Å². The second-order valence-electron chi connectivity index (χ2n) is 10.9. The average molecular weight is 575 g/mol. The van der Waals surface area contributed by atoms with Crippen molar-refractivity contribution >= 4 is 23.9 Å². The summed E-state index contributed by atoms with van der Waals surface area (Å²) < 4.78 is 17.2. The number of aliphatic hydroxyl groups excluding tert-OH is 1. The first-order valence-electron chi connectivity index (χ1n) is 13.9. The summed E-state index contributed by atoms with van der Waals surface area (Å²) in [5, 5.41) is 27.5. The molecule has 224 valence electrons. The number of nitrogens with zero attached hydrogens (tertiary/aromatic N) is 3. The van der Waals surface area contributed by atoms with Crippen LogP contribution in [0.3, 0.4) is 0 Å². The minimum atomic E-state index is -0.948. The first kappa shape index (κ1) is 30.0. The van der Waals surface area contributed by atoms with E-state index in [1.54, 1.807) is 10.9 Å². The highest BCUT2D eigenvalue weighted by Crippen LogP contribution is 2.36. The molecule has 2 aliphatic rings. The zero-order valence-corrected chi connectivity index (χ0v) is 23.8. The van der Waals surface area contributed by atoms with E-state index in [9.17, 15) is 24.3 Å². The van der Waals surface area contributed by atoms with E-state index >= 15 is 0 Å². The molecule has 0 aromatic carbocycles. The number of furan rings is 1. The predicted molar refractivity (Wildman–Crippen MR) is 143 cm³/mol. The molecule has 3 amide bonds. The molecule has 2 aromatic heterocycles. The number of esters is 2. The molecule has 1 aliphatic carbocycles. The fraction of sp³-hybridized carbons (Fsp3) is 0.630. The summed E-state index contributed by atoms with van der Waals surface area (Å²) in [4.78, 5) is 52.4. The molecule has 1 aliphatic heterocycles. The van der Waals surface area contributed by atoms with Crippen molar-refractivity contribution in [2.75, 3.05) is 20.8 Å². The van der Waals surface area contributed by atoms with Crippen LogP contribution in [0, 0.1) is 5.92 Å². The standard InChI is InChI=1S/C27H38N6O8/c1-15(2)17-12-33-13-19(31-32-33)27(10-6-5-7-11-27)30-26(38)28-16(14-34)8-9-18-20(24(36)39-3)21(25(37)40-4)22(41-18)23(35)29-17/h13,15-17,34H,5-12,14H2,1-4H3,(H,29,35)(H2,28,30,38)/t16-,17+/m0/s1. The normalized spacial score (nSPS) is 21.4. The van der Waals surface area contributed by atoms with E-state index < -0.39 is 53.9 Å². The number of ether oxygens (including phenoxy) is 2. The number of carbonyl (C=O) groups is 4. The predicted octanol–water partition coefficient (Wildman–Crippen LogP) is 1.66. The molecule has 4 N–H and O–H groups in total. The van der Waals surface area contributed by atoms with Crippen molar-refractivity contribution in [3.63, 3.8) is 0 Å². The van der Waals surface area contributed by atoms with Crippen LogP contribution >= 0.6 is 0 Å². The number of aryl methyl sites for hydroxylation is 1. The van der Waals surface area contributed by atoms with E-state index in [-0.39, 0.29) is 42.2 Å². The fourth-order valence-electron chi connectivity index (χ4n) is 5.45. The number of urea groups is 1. The van der Waals surface area contributed by atoms with E-state index in [4.69, 9.17) is 13.9 Å². The minimum Gasteiger partial charge on any atom is -0.465 e. The van der Waals surface area contributed by atoms with Crippen LogP contribution in [0.25, 0.3) is 0 Å². The van der Waals surface area contributed by atoms with E-state index in [1.165, 1.54) is 0 Å². The average Bonchev–Trinajstić information content (AvgIpc) is 3.59. The Bertz CT molecular complexity index is 1280. The Balaban J connectivity index is 1.80. The molecule has 2 aromatic rings. The van der Waals surface area contributed by atoms with Gasteiger partial charge in [-0.05, 0) is 25.2 Å². The van der Waals surface area contributed by atoms with Gasteiger partial charge < -0.3 is 34.9 Å². The third-order valence-electron chi connectivity index (χ3n) is 7.84. The van der Waals surface area contributed by atoms with Gasteiger partial charge in [-0.2, -0.15) is 0 Å². The first-order valence-corrected chi connectivity index (χ1v) is 13.9. The zero-order chi connectivity index (χ0) is 29.7. The lowest BCUT2D eigenvalue weighted by Gasteiger charge is -2.36. The molecular weight excluding hydrogens is 536 g/mol. The van der Waals surface area contributed by atoms with Gasteiger partial charge in [-0.25, -0.2) is 14.4 Å². The quantitative estimate of drug-likeness (QED) is 0.391. The van der Waals surface area contributed by atoms with Crippen molar-refractivity contribution in [3.05, 3.63) is 34.5 Å². The Morgan fingerprint density at radius 1 is 1.12 bits per heavy atom. The Kier molecular flexibility index (Phi) is 9.31. The highest BCUT2D eigenvalue weighted by atomic mass is 16.5. The van der Waals surface area contributed by atoms with Crippen LogP contribution in [-0.4, -0.2) is 76.9 Å². The first-order chi connectivity index (χ1) is 19.6. The second kappa shape index (κ2) is 12.7. The van der Waals surface area contributed by atoms with E-state index in [0.29, 0.717) is 18.5 Å². The number of carbonyl (C=O) groups excluding carboxylic acids is 4. The molecule has 1 fully saturated rings. The summed E-state index contributed by atoms with van der Waals surface area (Å²) >= 11 is 0. The summed E-state index contributed by atoms with van der Waals surface area (Å²) in [6.07, 6.45) is 6.11. The Morgan fingerprint density at radius 2 is 1.80 bits per heavy atom. The molecule has 41 heavy (non-hydrogen) atoms. The van der Waals surface area contributed by atoms with Gasteiger partial charge in [-0.1, -0.05) is 38.3 Å². The van der Waals surface area contributed by atoms with Gasteiger partial charge in [-0.3, -0.25) is 9.48 Å². The third kappa shape index (κ3) is 6.37. The van der Waals surface area contributed by atoms with Gasteiger partial charge in [0.05, 0.1) is 51.2 Å². The molecule has 14 nitrogen and oxygen atoms in total. The molecule has 0 unspecified atom stereocenters. The van der Waals surface area contributed by atoms with Crippen LogP contribution in [0.15, 0.2) is 10.6 Å². The third-order valence-corrected chi connectivity index (χ3v) is 7.84. The van der Waals surface area contributed by atoms with Gasteiger partial charge in [0.2, 0.25) is 5.76 Å². The number of hydrogen-bond donors (Lipinski definition) is 4. The number of hydrogen-bond acceptors (Lipinski definition) is 10. The summed E-state index contributed by atoms with van der Waals surface area (Å²) in [5.41, 5.74) is -0.704. The molecule has 0 radical (unpaired) electrons. The van der Waals surface area contributed by atoms with Gasteiger partial charge in [0, 0.05) is 6.42 Å². The summed E-state index contributed by atoms with van der Waals surface area (Å²) in [6.45, 7) is 3.68. The van der Waals surface area contributed by atoms with Crippen molar-refractivity contribution < 1.29 is 38.2 Å². The van der Waals surface area contributed by atoms with Gasteiger partial charge >= 0.3 is 18.0 Å². The molecule has 4 bridgehead atoms. The highest BCUT2D eigenvalue weighted by molar-refractivity contribution is 6.11. The lowest BCUT2D eigenvalue weighted by atomic mass is 9.79. The van der Waals surface area contributed by atoms with E-state index in [0.717, 1.165) is 33.5 Å². The van der Waals surface area contributed by atoms with Crippen LogP contribution in [0.2, 0.25) is 0 Å². The highest BCUT2D eigenvalue weighted by Gasteiger charge is 2.39. The molecule has 2 atom stereocenters. The molecule has 1 saturated carbocycles. The largest absolute Gasteiger partial charge is 0.465 e. The Morgan fingerprint density at radius 3 is 2.44 bits per heavy atom. The number of nitrogens with one attached hydrogen (secondary N) is 3. The zero-order valence-electron chi connectivity index (χ0n) is 23.8. The fourth-order valence-corrected chi connectivity index (χ4v) is 5.45. The van der Waals surface area contributed by atoms with Crippen LogP contribution < -0.4 is 16.0 Å². The molecule has 4 rings (SSSR count). The molecule has 0 saturated heterocycles. The molecule has 3 heterocycles. The topological polar surface area (TPSA) is 187 Å². The Hall–Kier alpha value is -3.94. The van der Waals surface area contributed by atoms with Crippen LogP contribution in [0.1, 0.15) is 95.1 Å². The van der Waals surface area contributed by atoms with Crippen LogP contribution in [0.4, 0.5) is 4.79 Å². The van der Waals surface area contributed by atoms with Gasteiger partial charge in [0.1, 0.15) is 22.6 Å². The summed E-state index contributed by atoms with van der Waals surface area (Å²) in [7, 11) is 2.27. The van der Waals surface area contributed by atoms with Crippen LogP contribution in [-0.2, 0) is 28.0 Å². The maximum Gasteiger partial charge on any atom is 0.342 e. The van der Waals surface area contributed by atoms with Crippen molar-refractivity contribution in [1.82, 2.24) is 30.9 Å². The van der Waals surface area contributed by atoms with Gasteiger partial charge in [0.25, 0.3) is 5.91 Å². The number of aliphatic hydroxyl groups is 1. The van der Waals surface area contributed by atoms with Gasteiger partial charge in [0.15, 0.2) is 0 Å². The Labute approximate surface area is 237 Å². The van der Waals surface area contributed by atoms with Gasteiger partial charge in [-0.15, -0.1) is 5.10 Å². The summed E-state index contributed by atoms with van der Waals surface area (Å²) in [6, 6.07) is -1.68. The van der Waals surface area contributed by atoms with Crippen molar-refractivity contribution in [3.8, 4) is 0 Å². The smallest absolute Gasteiger partial charge is 0.342 e. The number of aromatic nitrogens is 3. The summed E-state index contributed by atoms with van der Waals surface area (Å²) in [5.74, 6) is -3.02. The second-order valence-corrected chi connectivity index (χ2v) is 10.9. The number of amides is 3. The van der Waals surface area contributed by atoms with Crippen molar-refractivity contribution in [2.45, 2.75) is 83.0 Å². The van der Waals surface area contributed by atoms with Crippen molar-refractivity contribution in [1.29, 1.82) is 0 Å². The maximum absolute atomic E-state index is 13.6. The lowest BCUT2D eigenvalue weighted by molar-refractivity contribution is 0.0553. The molecule has 14 heteroatoms. The maximum atomic E-state index is 13.6. The van der Waals surface area contributed by atoms with E-state index in [2.05, 4.69) is 26.3 Å².